The van der Waals surface area contributed by atoms with Crippen molar-refractivity contribution in [3.05, 3.63) is 35.1 Å². The highest BCUT2D eigenvalue weighted by Crippen LogP contribution is 2.26. The molecule has 1 aliphatic carbocycles. The molecule has 0 atom stereocenters. The van der Waals surface area contributed by atoms with Gasteiger partial charge in [0.25, 0.3) is 0 Å². The highest BCUT2D eigenvalue weighted by Gasteiger charge is 2.26. The Hall–Kier alpha value is -1.44. The van der Waals surface area contributed by atoms with E-state index in [2.05, 4.69) is 5.32 Å². The summed E-state index contributed by atoms with van der Waals surface area (Å²) in [7, 11) is 0. The Morgan fingerprint density at radius 3 is 2.88 bits per heavy atom. The molecule has 3 nitrogen and oxygen atoms in total. The van der Waals surface area contributed by atoms with Crippen LogP contribution in [-0.4, -0.2) is 17.8 Å². The lowest BCUT2D eigenvalue weighted by atomic mass is 9.82. The lowest BCUT2D eigenvalue weighted by molar-refractivity contribution is 0.0429. The van der Waals surface area contributed by atoms with Crippen molar-refractivity contribution in [2.75, 3.05) is 6.54 Å². The minimum absolute atomic E-state index is 0.152. The Labute approximate surface area is 99.9 Å². The second-order valence-electron chi connectivity index (χ2n) is 4.54. The number of hydrogen-bond acceptors (Lipinski definition) is 3. The molecule has 0 radical (unpaired) electrons. The van der Waals surface area contributed by atoms with Gasteiger partial charge in [-0.25, -0.2) is 4.39 Å². The first kappa shape index (κ1) is 12.0. The van der Waals surface area contributed by atoms with Crippen molar-refractivity contribution < 1.29 is 9.50 Å². The standard InChI is InChI=1S/C13H15FN2O/c14-13-2-1-9(6-15)3-11(13)8-16-7-10-4-12(17)5-10/h1-3,10,12,16-17H,4-5,7-8H2. The van der Waals surface area contributed by atoms with Gasteiger partial charge in [0, 0.05) is 12.1 Å². The van der Waals surface area contributed by atoms with E-state index in [0.29, 0.717) is 23.6 Å². The zero-order valence-electron chi connectivity index (χ0n) is 9.49. The molecule has 2 rings (SSSR count). The van der Waals surface area contributed by atoms with Crippen molar-refractivity contribution in [2.24, 2.45) is 5.92 Å². The summed E-state index contributed by atoms with van der Waals surface area (Å²) in [5.41, 5.74) is 0.992. The van der Waals surface area contributed by atoms with Crippen molar-refractivity contribution in [3.63, 3.8) is 0 Å². The topological polar surface area (TPSA) is 56.0 Å². The van der Waals surface area contributed by atoms with Crippen molar-refractivity contribution in [2.45, 2.75) is 25.5 Å². The van der Waals surface area contributed by atoms with E-state index in [-0.39, 0.29) is 11.9 Å². The zero-order chi connectivity index (χ0) is 12.3. The van der Waals surface area contributed by atoms with Crippen LogP contribution in [0.25, 0.3) is 0 Å². The smallest absolute Gasteiger partial charge is 0.127 e. The molecule has 2 N–H and O–H groups in total. The Kier molecular flexibility index (Phi) is 3.72. The molecular weight excluding hydrogens is 219 g/mol. The molecule has 1 aromatic carbocycles. The Bertz CT molecular complexity index is 436. The number of nitrogens with one attached hydrogen (secondary N) is 1. The lowest BCUT2D eigenvalue weighted by Crippen LogP contribution is -2.36. The molecule has 1 saturated carbocycles. The maximum Gasteiger partial charge on any atom is 0.127 e. The fraction of sp³-hybridized carbons (Fsp3) is 0.462. The maximum absolute atomic E-state index is 13.4. The van der Waals surface area contributed by atoms with E-state index >= 15 is 0 Å². The molecule has 0 aromatic heterocycles. The molecule has 1 fully saturated rings. The summed E-state index contributed by atoms with van der Waals surface area (Å²) in [5, 5.41) is 21.0. The third kappa shape index (κ3) is 3.02. The summed E-state index contributed by atoms with van der Waals surface area (Å²) in [6.45, 7) is 1.21. The van der Waals surface area contributed by atoms with Crippen LogP contribution in [0.1, 0.15) is 24.0 Å². The lowest BCUT2D eigenvalue weighted by Gasteiger charge is -2.31. The zero-order valence-corrected chi connectivity index (χ0v) is 9.49. The van der Waals surface area contributed by atoms with E-state index in [1.807, 2.05) is 6.07 Å². The summed E-state index contributed by atoms with van der Waals surface area (Å²) in [6.07, 6.45) is 1.50. The first-order chi connectivity index (χ1) is 8.19. The van der Waals surface area contributed by atoms with Gasteiger partial charge in [-0.15, -0.1) is 0 Å². The van der Waals surface area contributed by atoms with E-state index in [1.165, 1.54) is 12.1 Å². The molecule has 0 unspecified atom stereocenters. The van der Waals surface area contributed by atoms with Crippen LogP contribution in [0.15, 0.2) is 18.2 Å². The van der Waals surface area contributed by atoms with Gasteiger partial charge >= 0.3 is 0 Å². The van der Waals surface area contributed by atoms with Gasteiger partial charge in [-0.2, -0.15) is 5.26 Å². The fourth-order valence-electron chi connectivity index (χ4n) is 2.06. The minimum atomic E-state index is -0.287. The highest BCUT2D eigenvalue weighted by atomic mass is 19.1. The minimum Gasteiger partial charge on any atom is -0.393 e. The van der Waals surface area contributed by atoms with E-state index in [4.69, 9.17) is 10.4 Å². The number of benzene rings is 1. The van der Waals surface area contributed by atoms with Crippen LogP contribution in [0.4, 0.5) is 4.39 Å². The van der Waals surface area contributed by atoms with E-state index in [1.54, 1.807) is 6.07 Å². The van der Waals surface area contributed by atoms with Crippen LogP contribution in [0.2, 0.25) is 0 Å². The molecule has 4 heteroatoms. The second-order valence-corrected chi connectivity index (χ2v) is 4.54. The summed E-state index contributed by atoms with van der Waals surface area (Å²) >= 11 is 0. The normalized spacial score (nSPS) is 22.9. The van der Waals surface area contributed by atoms with Crippen LogP contribution in [0.3, 0.4) is 0 Å². The van der Waals surface area contributed by atoms with Crippen molar-refractivity contribution >= 4 is 0 Å². The van der Waals surface area contributed by atoms with Gasteiger partial charge in [0.15, 0.2) is 0 Å². The Balaban J connectivity index is 1.84. The molecular formula is C13H15FN2O. The predicted molar refractivity (Wildman–Crippen MR) is 61.6 cm³/mol. The summed E-state index contributed by atoms with van der Waals surface area (Å²) in [6, 6.07) is 6.36. The molecule has 0 bridgehead atoms. The van der Waals surface area contributed by atoms with E-state index < -0.39 is 0 Å². The molecule has 0 aliphatic heterocycles. The molecule has 1 aromatic rings. The first-order valence-electron chi connectivity index (χ1n) is 5.76. The van der Waals surface area contributed by atoms with E-state index in [9.17, 15) is 4.39 Å². The van der Waals surface area contributed by atoms with Crippen molar-refractivity contribution in [1.29, 1.82) is 5.26 Å². The van der Waals surface area contributed by atoms with E-state index in [0.717, 1.165) is 19.4 Å². The SMILES string of the molecule is N#Cc1ccc(F)c(CNCC2CC(O)C2)c1. The Morgan fingerprint density at radius 2 is 2.24 bits per heavy atom. The molecule has 90 valence electrons. The summed E-state index contributed by atoms with van der Waals surface area (Å²) < 4.78 is 13.4. The highest BCUT2D eigenvalue weighted by molar-refractivity contribution is 5.33. The van der Waals surface area contributed by atoms with Gasteiger partial charge in [0.05, 0.1) is 17.7 Å². The number of aliphatic hydroxyl groups is 1. The number of halogens is 1. The summed E-state index contributed by atoms with van der Waals surface area (Å²) in [5.74, 6) is 0.206. The maximum atomic E-state index is 13.4. The average molecular weight is 234 g/mol. The molecule has 0 heterocycles. The molecule has 0 saturated heterocycles. The van der Waals surface area contributed by atoms with Gasteiger partial charge in [0.1, 0.15) is 5.82 Å². The number of nitrogens with zero attached hydrogens (tertiary/aromatic N) is 1. The quantitative estimate of drug-likeness (QED) is 0.831. The van der Waals surface area contributed by atoms with Gasteiger partial charge in [-0.1, -0.05) is 0 Å². The molecule has 1 aliphatic rings. The molecule has 17 heavy (non-hydrogen) atoms. The average Bonchev–Trinajstić information content (AvgIpc) is 2.29. The number of rotatable bonds is 4. The van der Waals surface area contributed by atoms with Crippen molar-refractivity contribution in [1.82, 2.24) is 5.32 Å². The van der Waals surface area contributed by atoms with Crippen LogP contribution >= 0.6 is 0 Å². The second kappa shape index (κ2) is 5.26. The molecule has 0 amide bonds. The number of hydrogen-bond donors (Lipinski definition) is 2. The Morgan fingerprint density at radius 1 is 1.47 bits per heavy atom. The van der Waals surface area contributed by atoms with Gasteiger partial charge < -0.3 is 10.4 Å². The molecule has 0 spiro atoms. The summed E-state index contributed by atoms with van der Waals surface area (Å²) in [4.78, 5) is 0. The van der Waals surface area contributed by atoms with Crippen molar-refractivity contribution in [3.8, 4) is 6.07 Å². The number of aliphatic hydroxyl groups excluding tert-OH is 1. The van der Waals surface area contributed by atoms with Gasteiger partial charge in [-0.05, 0) is 43.5 Å². The predicted octanol–water partition coefficient (Wildman–Crippen LogP) is 1.56. The largest absolute Gasteiger partial charge is 0.393 e. The first-order valence-corrected chi connectivity index (χ1v) is 5.76. The van der Waals surface area contributed by atoms with Gasteiger partial charge in [0.2, 0.25) is 0 Å². The third-order valence-corrected chi connectivity index (χ3v) is 3.13. The van der Waals surface area contributed by atoms with Gasteiger partial charge in [-0.3, -0.25) is 0 Å². The van der Waals surface area contributed by atoms with Crippen LogP contribution in [0.5, 0.6) is 0 Å². The van der Waals surface area contributed by atoms with Crippen LogP contribution < -0.4 is 5.32 Å². The van der Waals surface area contributed by atoms with Crippen LogP contribution in [-0.2, 0) is 6.54 Å². The fourth-order valence-corrected chi connectivity index (χ4v) is 2.06. The monoisotopic (exact) mass is 234 g/mol. The number of nitriles is 1. The third-order valence-electron chi connectivity index (χ3n) is 3.13. The van der Waals surface area contributed by atoms with Crippen LogP contribution in [0, 0.1) is 23.1 Å².